The van der Waals surface area contributed by atoms with Gasteiger partial charge in [0.2, 0.25) is 5.91 Å². The standard InChI is InChI=1S/C19H25N3O2S/c1-13-7-2-4-9-15(13)20-17(23)11-6-12-22-18(24)14-8-3-5-10-16(14)21-19(22)25/h3,5,8,10,13,15H,2,4,6-7,9,11-12H2,1H3,(H,20,23)(H,21,25)/t13-,15+/m0/s1. The highest BCUT2D eigenvalue weighted by Gasteiger charge is 2.22. The zero-order valence-electron chi connectivity index (χ0n) is 14.6. The van der Waals surface area contributed by atoms with Gasteiger partial charge in [-0.05, 0) is 49.5 Å². The molecule has 6 heteroatoms. The number of amides is 1. The minimum Gasteiger partial charge on any atom is -0.353 e. The summed E-state index contributed by atoms with van der Waals surface area (Å²) in [6.07, 6.45) is 5.72. The second-order valence-corrected chi connectivity index (χ2v) is 7.36. The Balaban J connectivity index is 1.60. The van der Waals surface area contributed by atoms with E-state index in [1.165, 1.54) is 19.3 Å². The van der Waals surface area contributed by atoms with Gasteiger partial charge in [0.25, 0.3) is 5.56 Å². The summed E-state index contributed by atoms with van der Waals surface area (Å²) in [6.45, 7) is 2.66. The molecule has 3 rings (SSSR count). The fraction of sp³-hybridized carbons (Fsp3) is 0.526. The Bertz CT molecular complexity index is 871. The molecule has 5 nitrogen and oxygen atoms in total. The number of H-pyrrole nitrogens is 1. The molecule has 1 aromatic heterocycles. The van der Waals surface area contributed by atoms with Gasteiger partial charge in [-0.15, -0.1) is 0 Å². The van der Waals surface area contributed by atoms with E-state index in [9.17, 15) is 9.59 Å². The lowest BCUT2D eigenvalue weighted by atomic mass is 9.86. The van der Waals surface area contributed by atoms with Crippen LogP contribution in [-0.2, 0) is 11.3 Å². The molecule has 1 saturated carbocycles. The molecule has 0 radical (unpaired) electrons. The Morgan fingerprint density at radius 2 is 2.08 bits per heavy atom. The van der Waals surface area contributed by atoms with Crippen LogP contribution >= 0.6 is 12.2 Å². The molecule has 2 atom stereocenters. The summed E-state index contributed by atoms with van der Waals surface area (Å²) in [5, 5.41) is 3.78. The maximum atomic E-state index is 12.6. The van der Waals surface area contributed by atoms with Gasteiger partial charge in [0.15, 0.2) is 4.77 Å². The third-order valence-corrected chi connectivity index (χ3v) is 5.46. The molecule has 0 unspecified atom stereocenters. The van der Waals surface area contributed by atoms with Crippen LogP contribution < -0.4 is 10.9 Å². The Morgan fingerprint density at radius 1 is 1.32 bits per heavy atom. The molecule has 1 fully saturated rings. The number of para-hydroxylation sites is 1. The highest BCUT2D eigenvalue weighted by molar-refractivity contribution is 7.71. The molecular weight excluding hydrogens is 334 g/mol. The largest absolute Gasteiger partial charge is 0.353 e. The Morgan fingerprint density at radius 3 is 2.88 bits per heavy atom. The van der Waals surface area contributed by atoms with E-state index in [0.717, 1.165) is 11.9 Å². The van der Waals surface area contributed by atoms with Crippen molar-refractivity contribution >= 4 is 29.0 Å². The van der Waals surface area contributed by atoms with Crippen molar-refractivity contribution in [2.75, 3.05) is 0 Å². The van der Waals surface area contributed by atoms with E-state index in [1.807, 2.05) is 18.2 Å². The number of carbonyl (C=O) groups excluding carboxylic acids is 1. The van der Waals surface area contributed by atoms with E-state index < -0.39 is 0 Å². The molecule has 1 heterocycles. The van der Waals surface area contributed by atoms with Gasteiger partial charge in [0.05, 0.1) is 10.9 Å². The minimum absolute atomic E-state index is 0.0717. The number of fused-ring (bicyclic) bond motifs is 1. The molecule has 0 bridgehead atoms. The SMILES string of the molecule is C[C@H]1CCCC[C@H]1NC(=O)CCCn1c(=S)[nH]c2ccccc2c1=O. The molecule has 0 spiro atoms. The van der Waals surface area contributed by atoms with Gasteiger partial charge in [-0.25, -0.2) is 0 Å². The lowest BCUT2D eigenvalue weighted by Crippen LogP contribution is -2.41. The van der Waals surface area contributed by atoms with E-state index in [4.69, 9.17) is 12.2 Å². The highest BCUT2D eigenvalue weighted by atomic mass is 32.1. The number of aromatic nitrogens is 2. The van der Waals surface area contributed by atoms with Gasteiger partial charge in [-0.2, -0.15) is 0 Å². The first kappa shape index (κ1) is 17.9. The molecule has 2 N–H and O–H groups in total. The third kappa shape index (κ3) is 4.18. The molecule has 1 aliphatic carbocycles. The minimum atomic E-state index is -0.0966. The van der Waals surface area contributed by atoms with E-state index >= 15 is 0 Å². The van der Waals surface area contributed by atoms with Crippen molar-refractivity contribution in [3.8, 4) is 0 Å². The number of rotatable bonds is 5. The van der Waals surface area contributed by atoms with Crippen molar-refractivity contribution in [2.24, 2.45) is 5.92 Å². The molecule has 1 amide bonds. The molecular formula is C19H25N3O2S. The van der Waals surface area contributed by atoms with Crippen LogP contribution in [0.4, 0.5) is 0 Å². The topological polar surface area (TPSA) is 66.9 Å². The van der Waals surface area contributed by atoms with Gasteiger partial charge in [-0.3, -0.25) is 14.2 Å². The summed E-state index contributed by atoms with van der Waals surface area (Å²) < 4.78 is 1.96. The van der Waals surface area contributed by atoms with Gasteiger partial charge in [-0.1, -0.05) is 31.9 Å². The number of nitrogens with one attached hydrogen (secondary N) is 2. The number of nitrogens with zero attached hydrogens (tertiary/aromatic N) is 1. The Hall–Kier alpha value is -1.95. The van der Waals surface area contributed by atoms with Crippen LogP contribution in [0.25, 0.3) is 10.9 Å². The Kier molecular flexibility index (Phi) is 5.68. The summed E-state index contributed by atoms with van der Waals surface area (Å²) in [5.74, 6) is 0.622. The van der Waals surface area contributed by atoms with Crippen molar-refractivity contribution in [3.63, 3.8) is 0 Å². The van der Waals surface area contributed by atoms with Crippen LogP contribution in [-0.4, -0.2) is 21.5 Å². The van der Waals surface area contributed by atoms with Gasteiger partial charge >= 0.3 is 0 Å². The lowest BCUT2D eigenvalue weighted by Gasteiger charge is -2.29. The first-order valence-corrected chi connectivity index (χ1v) is 9.48. The van der Waals surface area contributed by atoms with Crippen molar-refractivity contribution in [1.82, 2.24) is 14.9 Å². The van der Waals surface area contributed by atoms with E-state index in [-0.39, 0.29) is 11.5 Å². The average Bonchev–Trinajstić information content (AvgIpc) is 2.60. The van der Waals surface area contributed by atoms with Gasteiger partial charge in [0, 0.05) is 19.0 Å². The fourth-order valence-electron chi connectivity index (χ4n) is 3.61. The van der Waals surface area contributed by atoms with Crippen LogP contribution in [0.1, 0.15) is 45.4 Å². The third-order valence-electron chi connectivity index (χ3n) is 5.13. The fourth-order valence-corrected chi connectivity index (χ4v) is 3.89. The van der Waals surface area contributed by atoms with Crippen LogP contribution in [0.5, 0.6) is 0 Å². The smallest absolute Gasteiger partial charge is 0.262 e. The normalized spacial score (nSPS) is 20.5. The summed E-state index contributed by atoms with van der Waals surface area (Å²) in [5.41, 5.74) is 0.651. The maximum Gasteiger partial charge on any atom is 0.262 e. The zero-order valence-corrected chi connectivity index (χ0v) is 15.4. The number of hydrogen-bond donors (Lipinski definition) is 2. The zero-order chi connectivity index (χ0) is 17.8. The number of hydrogen-bond acceptors (Lipinski definition) is 3. The van der Waals surface area contributed by atoms with Crippen molar-refractivity contribution < 1.29 is 4.79 Å². The predicted molar refractivity (Wildman–Crippen MR) is 102 cm³/mol. The van der Waals surface area contributed by atoms with Gasteiger partial charge < -0.3 is 10.3 Å². The van der Waals surface area contributed by atoms with E-state index in [2.05, 4.69) is 17.2 Å². The Labute approximate surface area is 152 Å². The second kappa shape index (κ2) is 7.95. The average molecular weight is 359 g/mol. The molecule has 25 heavy (non-hydrogen) atoms. The summed E-state index contributed by atoms with van der Waals surface area (Å²) in [7, 11) is 0. The molecule has 0 saturated heterocycles. The molecule has 1 aliphatic rings. The van der Waals surface area contributed by atoms with E-state index in [0.29, 0.717) is 41.5 Å². The molecule has 1 aromatic carbocycles. The molecule has 2 aromatic rings. The number of benzene rings is 1. The van der Waals surface area contributed by atoms with Gasteiger partial charge in [0.1, 0.15) is 0 Å². The predicted octanol–water partition coefficient (Wildman–Crippen LogP) is 3.53. The second-order valence-electron chi connectivity index (χ2n) is 6.97. The first-order valence-electron chi connectivity index (χ1n) is 9.07. The summed E-state index contributed by atoms with van der Waals surface area (Å²) >= 11 is 5.30. The van der Waals surface area contributed by atoms with Crippen LogP contribution in [0.3, 0.4) is 0 Å². The number of carbonyl (C=O) groups is 1. The number of aromatic amines is 1. The monoisotopic (exact) mass is 359 g/mol. The van der Waals surface area contributed by atoms with E-state index in [1.54, 1.807) is 10.6 Å². The van der Waals surface area contributed by atoms with Crippen molar-refractivity contribution in [2.45, 2.75) is 58.0 Å². The highest BCUT2D eigenvalue weighted by Crippen LogP contribution is 2.23. The van der Waals surface area contributed by atoms with Crippen molar-refractivity contribution in [3.05, 3.63) is 39.4 Å². The first-order chi connectivity index (χ1) is 12.1. The quantitative estimate of drug-likeness (QED) is 0.803. The maximum absolute atomic E-state index is 12.6. The summed E-state index contributed by atoms with van der Waals surface area (Å²) in [6, 6.07) is 7.64. The summed E-state index contributed by atoms with van der Waals surface area (Å²) in [4.78, 5) is 27.8. The molecule has 0 aliphatic heterocycles. The van der Waals surface area contributed by atoms with Crippen LogP contribution in [0.15, 0.2) is 29.1 Å². The molecule has 134 valence electrons. The lowest BCUT2D eigenvalue weighted by molar-refractivity contribution is -0.122. The van der Waals surface area contributed by atoms with Crippen LogP contribution in [0, 0.1) is 10.7 Å². The van der Waals surface area contributed by atoms with Crippen molar-refractivity contribution in [1.29, 1.82) is 0 Å². The van der Waals surface area contributed by atoms with Crippen LogP contribution in [0.2, 0.25) is 0 Å².